The molecule has 0 aliphatic heterocycles. The van der Waals surface area contributed by atoms with Gasteiger partial charge in [0.25, 0.3) is 0 Å². The maximum atomic E-state index is 4.90. The fourth-order valence-electron chi connectivity index (χ4n) is 0.688. The Morgan fingerprint density at radius 2 is 1.43 bits per heavy atom. The summed E-state index contributed by atoms with van der Waals surface area (Å²) >= 11 is 9.80. The molecule has 7 heavy (non-hydrogen) atoms. The Labute approximate surface area is 53.9 Å². The lowest BCUT2D eigenvalue weighted by Gasteiger charge is -1.81. The van der Waals surface area contributed by atoms with Crippen LogP contribution in [0.25, 0.3) is 0 Å². The second-order valence-electron chi connectivity index (χ2n) is 1.70. The Morgan fingerprint density at radius 3 is 1.57 bits per heavy atom. The van der Waals surface area contributed by atoms with Crippen molar-refractivity contribution in [1.82, 2.24) is 0 Å². The van der Waals surface area contributed by atoms with Gasteiger partial charge in [0.1, 0.15) is 0 Å². The van der Waals surface area contributed by atoms with Gasteiger partial charge in [-0.15, -0.1) is 0 Å². The topological polar surface area (TPSA) is 0 Å². The van der Waals surface area contributed by atoms with E-state index in [-0.39, 0.29) is 0 Å². The number of thiocarbonyl (C=S) groups is 2. The van der Waals surface area contributed by atoms with Crippen molar-refractivity contribution < 1.29 is 0 Å². The summed E-state index contributed by atoms with van der Waals surface area (Å²) < 4.78 is 0. The lowest BCUT2D eigenvalue weighted by molar-refractivity contribution is 0.985. The fraction of sp³-hybridized carbons (Fsp3) is 0.600. The maximum Gasteiger partial charge on any atom is 0.0291 e. The summed E-state index contributed by atoms with van der Waals surface area (Å²) in [5, 5.41) is 0. The van der Waals surface area contributed by atoms with Crippen LogP contribution in [0.4, 0.5) is 0 Å². The van der Waals surface area contributed by atoms with Crippen LogP contribution >= 0.6 is 24.4 Å². The first-order valence-corrected chi connectivity index (χ1v) is 3.18. The van der Waals surface area contributed by atoms with Crippen LogP contribution in [0.1, 0.15) is 19.3 Å². The van der Waals surface area contributed by atoms with Crippen molar-refractivity contribution in [2.45, 2.75) is 19.3 Å². The van der Waals surface area contributed by atoms with Crippen molar-refractivity contribution in [1.29, 1.82) is 0 Å². The molecule has 0 nitrogen and oxygen atoms in total. The molecule has 1 fully saturated rings. The van der Waals surface area contributed by atoms with Gasteiger partial charge < -0.3 is 0 Å². The minimum absolute atomic E-state index is 1.02. The van der Waals surface area contributed by atoms with Crippen LogP contribution in [-0.2, 0) is 0 Å². The average molecular weight is 130 g/mol. The highest BCUT2D eigenvalue weighted by molar-refractivity contribution is 7.89. The molecule has 0 atom stereocenters. The zero-order valence-corrected chi connectivity index (χ0v) is 5.57. The molecule has 0 bridgehead atoms. The van der Waals surface area contributed by atoms with Crippen LogP contribution < -0.4 is 0 Å². The van der Waals surface area contributed by atoms with Crippen molar-refractivity contribution in [2.75, 3.05) is 0 Å². The molecule has 1 saturated carbocycles. The lowest BCUT2D eigenvalue weighted by atomic mass is 10.4. The molecule has 0 aromatic heterocycles. The molecule has 0 unspecified atom stereocenters. The molecule has 0 saturated heterocycles. The summed E-state index contributed by atoms with van der Waals surface area (Å²) in [5.74, 6) is 0. The Hall–Kier alpha value is 0.180. The van der Waals surface area contributed by atoms with Crippen LogP contribution in [0.15, 0.2) is 0 Å². The monoisotopic (exact) mass is 130 g/mol. The van der Waals surface area contributed by atoms with Crippen molar-refractivity contribution in [3.05, 3.63) is 0 Å². The first-order chi connectivity index (χ1) is 3.30. The van der Waals surface area contributed by atoms with Crippen LogP contribution in [0.5, 0.6) is 0 Å². The molecule has 1 aliphatic carbocycles. The molecular formula is C5H6S2. The molecular weight excluding hydrogens is 124 g/mol. The summed E-state index contributed by atoms with van der Waals surface area (Å²) in [6.07, 6.45) is 3.32. The summed E-state index contributed by atoms with van der Waals surface area (Å²) in [7, 11) is 0. The first kappa shape index (κ1) is 5.32. The molecule has 0 spiro atoms. The Kier molecular flexibility index (Phi) is 1.50. The second kappa shape index (κ2) is 1.97. The van der Waals surface area contributed by atoms with Gasteiger partial charge in [0, 0.05) is 9.73 Å². The minimum atomic E-state index is 1.02. The molecule has 0 aromatic carbocycles. The van der Waals surface area contributed by atoms with Gasteiger partial charge in [0.15, 0.2) is 0 Å². The molecule has 1 rings (SSSR count). The largest absolute Gasteiger partial charge is 0.0837 e. The molecule has 0 amide bonds. The van der Waals surface area contributed by atoms with Crippen LogP contribution in [0.3, 0.4) is 0 Å². The smallest absolute Gasteiger partial charge is 0.0291 e. The van der Waals surface area contributed by atoms with Crippen molar-refractivity contribution in [2.24, 2.45) is 0 Å². The van der Waals surface area contributed by atoms with E-state index in [9.17, 15) is 0 Å². The van der Waals surface area contributed by atoms with Gasteiger partial charge in [-0.05, 0) is 19.3 Å². The first-order valence-electron chi connectivity index (χ1n) is 2.37. The van der Waals surface area contributed by atoms with Crippen LogP contribution in [-0.4, -0.2) is 9.73 Å². The van der Waals surface area contributed by atoms with E-state index < -0.39 is 0 Å². The Morgan fingerprint density at radius 1 is 1.00 bits per heavy atom. The Bertz CT molecular complexity index is 101. The zero-order chi connectivity index (χ0) is 5.28. The lowest BCUT2D eigenvalue weighted by Crippen LogP contribution is -1.95. The van der Waals surface area contributed by atoms with Crippen molar-refractivity contribution >= 4 is 34.2 Å². The summed E-state index contributed by atoms with van der Waals surface area (Å²) in [6.45, 7) is 0. The minimum Gasteiger partial charge on any atom is -0.0837 e. The van der Waals surface area contributed by atoms with Gasteiger partial charge in [-0.1, -0.05) is 24.4 Å². The Balaban J connectivity index is 2.65. The number of hydrogen-bond donors (Lipinski definition) is 0. The molecule has 38 valence electrons. The van der Waals surface area contributed by atoms with Crippen molar-refractivity contribution in [3.63, 3.8) is 0 Å². The zero-order valence-electron chi connectivity index (χ0n) is 3.94. The molecule has 0 heterocycles. The van der Waals surface area contributed by atoms with Gasteiger partial charge in [-0.2, -0.15) is 0 Å². The predicted molar refractivity (Wildman–Crippen MR) is 39.0 cm³/mol. The highest BCUT2D eigenvalue weighted by atomic mass is 32.1. The summed E-state index contributed by atoms with van der Waals surface area (Å²) in [5.41, 5.74) is 0. The highest BCUT2D eigenvalue weighted by Gasteiger charge is 2.10. The summed E-state index contributed by atoms with van der Waals surface area (Å²) in [6, 6.07) is 0. The fourth-order valence-corrected chi connectivity index (χ4v) is 1.18. The van der Waals surface area contributed by atoms with E-state index in [1.54, 1.807) is 0 Å². The van der Waals surface area contributed by atoms with E-state index >= 15 is 0 Å². The van der Waals surface area contributed by atoms with Crippen LogP contribution in [0, 0.1) is 0 Å². The molecule has 0 radical (unpaired) electrons. The third-order valence-electron chi connectivity index (χ3n) is 1.12. The van der Waals surface area contributed by atoms with Gasteiger partial charge >= 0.3 is 0 Å². The van der Waals surface area contributed by atoms with Crippen LogP contribution in [0.2, 0.25) is 0 Å². The average Bonchev–Trinajstić information content (AvgIpc) is 1.91. The number of hydrogen-bond acceptors (Lipinski definition) is 2. The van der Waals surface area contributed by atoms with E-state index in [2.05, 4.69) is 0 Å². The predicted octanol–water partition coefficient (Wildman–Crippen LogP) is 1.91. The standard InChI is InChI=1S/C5H6S2/c6-4-2-1-3-5(4)7/h1-3H2. The third-order valence-corrected chi connectivity index (χ3v) is 2.15. The van der Waals surface area contributed by atoms with Gasteiger partial charge in [-0.3, -0.25) is 0 Å². The van der Waals surface area contributed by atoms with E-state index in [0.29, 0.717) is 0 Å². The molecule has 0 N–H and O–H groups in total. The van der Waals surface area contributed by atoms with E-state index in [1.165, 1.54) is 6.42 Å². The molecule has 1 aliphatic rings. The number of rotatable bonds is 0. The van der Waals surface area contributed by atoms with Gasteiger partial charge in [-0.25, -0.2) is 0 Å². The normalized spacial score (nSPS) is 21.1. The SMILES string of the molecule is S=C1CCCC1=S. The maximum absolute atomic E-state index is 4.90. The summed E-state index contributed by atoms with van der Waals surface area (Å²) in [4.78, 5) is 2.05. The third kappa shape index (κ3) is 1.04. The van der Waals surface area contributed by atoms with E-state index in [4.69, 9.17) is 24.4 Å². The highest BCUT2D eigenvalue weighted by Crippen LogP contribution is 2.12. The van der Waals surface area contributed by atoms with Gasteiger partial charge in [0.05, 0.1) is 0 Å². The van der Waals surface area contributed by atoms with E-state index in [0.717, 1.165) is 22.6 Å². The molecule has 2 heteroatoms. The quantitative estimate of drug-likeness (QED) is 0.459. The molecule has 0 aromatic rings. The van der Waals surface area contributed by atoms with Gasteiger partial charge in [0.2, 0.25) is 0 Å². The van der Waals surface area contributed by atoms with Crippen molar-refractivity contribution in [3.8, 4) is 0 Å². The second-order valence-corrected chi connectivity index (χ2v) is 2.69. The van der Waals surface area contributed by atoms with E-state index in [1.807, 2.05) is 0 Å².